The molecule has 7 heteroatoms. The minimum absolute atomic E-state index is 0.0679. The van der Waals surface area contributed by atoms with Gasteiger partial charge >= 0.3 is 0 Å². The number of anilines is 1. The molecule has 1 aromatic heterocycles. The van der Waals surface area contributed by atoms with Gasteiger partial charge in [0.25, 0.3) is 0 Å². The number of halogens is 1. The quantitative estimate of drug-likeness (QED) is 0.885. The zero-order chi connectivity index (χ0) is 13.3. The van der Waals surface area contributed by atoms with Crippen LogP contribution in [0.2, 0.25) is 0 Å². The number of sulfone groups is 1. The zero-order valence-corrected chi connectivity index (χ0v) is 10.3. The smallest absolute Gasteiger partial charge is 0.220 e. The average Bonchev–Trinajstić information content (AvgIpc) is 2.27. The maximum Gasteiger partial charge on any atom is 0.220 e. The number of hydrogen-bond donors (Lipinski definition) is 1. The van der Waals surface area contributed by atoms with Gasteiger partial charge in [-0.2, -0.15) is 0 Å². The predicted molar refractivity (Wildman–Crippen MR) is 64.9 cm³/mol. The maximum atomic E-state index is 13.2. The van der Waals surface area contributed by atoms with Crippen molar-refractivity contribution < 1.29 is 12.8 Å². The van der Waals surface area contributed by atoms with Gasteiger partial charge in [0, 0.05) is 11.8 Å². The summed E-state index contributed by atoms with van der Waals surface area (Å²) < 4.78 is 36.4. The fourth-order valence-corrected chi connectivity index (χ4v) is 2.26. The summed E-state index contributed by atoms with van der Waals surface area (Å²) in [6.45, 7) is 0. The summed E-state index contributed by atoms with van der Waals surface area (Å²) in [7, 11) is -3.51. The first-order valence-electron chi connectivity index (χ1n) is 4.96. The first-order valence-corrected chi connectivity index (χ1v) is 6.85. The van der Waals surface area contributed by atoms with Crippen molar-refractivity contribution in [3.05, 3.63) is 36.3 Å². The SMILES string of the molecule is CS(=O)(=O)c1cnc(N)nc1-c1cccc(F)c1. The van der Waals surface area contributed by atoms with Crippen molar-refractivity contribution in [3.8, 4) is 11.3 Å². The molecular weight excluding hydrogens is 257 g/mol. The third-order valence-corrected chi connectivity index (χ3v) is 3.37. The van der Waals surface area contributed by atoms with Gasteiger partial charge in [-0.25, -0.2) is 22.8 Å². The van der Waals surface area contributed by atoms with Crippen molar-refractivity contribution in [1.82, 2.24) is 9.97 Å². The van der Waals surface area contributed by atoms with Crippen molar-refractivity contribution in [2.75, 3.05) is 12.0 Å². The summed E-state index contributed by atoms with van der Waals surface area (Å²) >= 11 is 0. The summed E-state index contributed by atoms with van der Waals surface area (Å²) in [5, 5.41) is 0. The van der Waals surface area contributed by atoms with Crippen LogP contribution in [-0.4, -0.2) is 24.6 Å². The Bertz CT molecular complexity index is 701. The van der Waals surface area contributed by atoms with Crippen molar-refractivity contribution in [2.45, 2.75) is 4.90 Å². The Balaban J connectivity index is 2.74. The molecule has 5 nitrogen and oxygen atoms in total. The normalized spacial score (nSPS) is 11.4. The lowest BCUT2D eigenvalue weighted by Crippen LogP contribution is -2.05. The highest BCUT2D eigenvalue weighted by Crippen LogP contribution is 2.25. The first-order chi connectivity index (χ1) is 8.38. The van der Waals surface area contributed by atoms with Crippen LogP contribution in [-0.2, 0) is 9.84 Å². The summed E-state index contributed by atoms with van der Waals surface area (Å²) in [5.41, 5.74) is 5.87. The second kappa shape index (κ2) is 4.34. The van der Waals surface area contributed by atoms with Gasteiger partial charge in [-0.15, -0.1) is 0 Å². The Hall–Kier alpha value is -2.02. The molecule has 1 heterocycles. The van der Waals surface area contributed by atoms with Gasteiger partial charge in [0.05, 0.1) is 11.9 Å². The minimum Gasteiger partial charge on any atom is -0.368 e. The number of nitrogens with zero attached hydrogens (tertiary/aromatic N) is 2. The molecule has 0 aliphatic rings. The van der Waals surface area contributed by atoms with E-state index in [4.69, 9.17) is 5.73 Å². The van der Waals surface area contributed by atoms with E-state index in [2.05, 4.69) is 9.97 Å². The second-order valence-corrected chi connectivity index (χ2v) is 5.71. The van der Waals surface area contributed by atoms with Crippen molar-refractivity contribution in [3.63, 3.8) is 0 Å². The fraction of sp³-hybridized carbons (Fsp3) is 0.0909. The molecule has 0 aliphatic heterocycles. The molecule has 2 aromatic rings. The van der Waals surface area contributed by atoms with Gasteiger partial charge in [-0.05, 0) is 12.1 Å². The highest BCUT2D eigenvalue weighted by atomic mass is 32.2. The summed E-state index contributed by atoms with van der Waals surface area (Å²) in [6, 6.07) is 5.47. The second-order valence-electron chi connectivity index (χ2n) is 3.72. The van der Waals surface area contributed by atoms with Crippen molar-refractivity contribution in [1.29, 1.82) is 0 Å². The Kier molecular flexibility index (Phi) is 3.00. The average molecular weight is 267 g/mol. The van der Waals surface area contributed by atoms with Crippen LogP contribution < -0.4 is 5.73 Å². The van der Waals surface area contributed by atoms with E-state index in [1.807, 2.05) is 0 Å². The number of benzene rings is 1. The Labute approximate surface area is 103 Å². The van der Waals surface area contributed by atoms with Crippen LogP contribution in [0.1, 0.15) is 0 Å². The van der Waals surface area contributed by atoms with Gasteiger partial charge in [0.15, 0.2) is 9.84 Å². The molecule has 0 aliphatic carbocycles. The highest BCUT2D eigenvalue weighted by Gasteiger charge is 2.17. The number of nitrogen functional groups attached to an aromatic ring is 1. The van der Waals surface area contributed by atoms with E-state index >= 15 is 0 Å². The molecule has 0 radical (unpaired) electrons. The lowest BCUT2D eigenvalue weighted by Gasteiger charge is -2.07. The Morgan fingerprint density at radius 2 is 2.06 bits per heavy atom. The molecule has 0 bridgehead atoms. The topological polar surface area (TPSA) is 85.9 Å². The van der Waals surface area contributed by atoms with E-state index in [-0.39, 0.29) is 16.5 Å². The number of hydrogen-bond acceptors (Lipinski definition) is 5. The molecule has 0 saturated carbocycles. The van der Waals surface area contributed by atoms with Crippen LogP contribution in [0.4, 0.5) is 10.3 Å². The standard InChI is InChI=1S/C11H10FN3O2S/c1-18(16,17)9-6-14-11(13)15-10(9)7-3-2-4-8(12)5-7/h2-6H,1H3,(H2,13,14,15). The van der Waals surface area contributed by atoms with E-state index in [9.17, 15) is 12.8 Å². The number of nitrogens with two attached hydrogens (primary N) is 1. The maximum absolute atomic E-state index is 13.2. The lowest BCUT2D eigenvalue weighted by atomic mass is 10.1. The molecule has 18 heavy (non-hydrogen) atoms. The van der Waals surface area contributed by atoms with Crippen LogP contribution in [0.15, 0.2) is 35.4 Å². The fourth-order valence-electron chi connectivity index (χ4n) is 1.50. The molecule has 0 fully saturated rings. The first kappa shape index (κ1) is 12.4. The molecular formula is C11H10FN3O2S. The Morgan fingerprint density at radius 3 is 2.67 bits per heavy atom. The molecule has 2 rings (SSSR count). The van der Waals surface area contributed by atoms with Crippen molar-refractivity contribution >= 4 is 15.8 Å². The summed E-state index contributed by atoms with van der Waals surface area (Å²) in [4.78, 5) is 7.44. The largest absolute Gasteiger partial charge is 0.368 e. The molecule has 0 amide bonds. The van der Waals surface area contributed by atoms with E-state index in [0.717, 1.165) is 12.5 Å². The lowest BCUT2D eigenvalue weighted by molar-refractivity contribution is 0.601. The van der Waals surface area contributed by atoms with E-state index in [1.165, 1.54) is 18.2 Å². The molecule has 0 unspecified atom stereocenters. The van der Waals surface area contributed by atoms with Crippen LogP contribution in [0.3, 0.4) is 0 Å². The molecule has 0 atom stereocenters. The monoisotopic (exact) mass is 267 g/mol. The van der Waals surface area contributed by atoms with Gasteiger partial charge in [-0.1, -0.05) is 12.1 Å². The third kappa shape index (κ3) is 2.45. The van der Waals surface area contributed by atoms with Crippen LogP contribution >= 0.6 is 0 Å². The Morgan fingerprint density at radius 1 is 1.33 bits per heavy atom. The van der Waals surface area contributed by atoms with Crippen LogP contribution in [0.5, 0.6) is 0 Å². The van der Waals surface area contributed by atoms with E-state index < -0.39 is 15.7 Å². The minimum atomic E-state index is -3.51. The van der Waals surface area contributed by atoms with Gasteiger partial charge in [0.2, 0.25) is 5.95 Å². The van der Waals surface area contributed by atoms with Gasteiger partial charge in [0.1, 0.15) is 10.7 Å². The van der Waals surface area contributed by atoms with Crippen LogP contribution in [0, 0.1) is 5.82 Å². The molecule has 94 valence electrons. The van der Waals surface area contributed by atoms with Crippen LogP contribution in [0.25, 0.3) is 11.3 Å². The zero-order valence-electron chi connectivity index (χ0n) is 9.46. The van der Waals surface area contributed by atoms with Crippen molar-refractivity contribution in [2.24, 2.45) is 0 Å². The van der Waals surface area contributed by atoms with E-state index in [1.54, 1.807) is 6.07 Å². The molecule has 1 aromatic carbocycles. The number of rotatable bonds is 2. The highest BCUT2D eigenvalue weighted by molar-refractivity contribution is 7.90. The molecule has 0 saturated heterocycles. The molecule has 0 spiro atoms. The third-order valence-electron chi connectivity index (χ3n) is 2.27. The predicted octanol–water partition coefficient (Wildman–Crippen LogP) is 1.27. The van der Waals surface area contributed by atoms with Gasteiger partial charge < -0.3 is 5.73 Å². The summed E-state index contributed by atoms with van der Waals surface area (Å²) in [6.07, 6.45) is 2.16. The van der Waals surface area contributed by atoms with Gasteiger partial charge in [-0.3, -0.25) is 0 Å². The number of aromatic nitrogens is 2. The molecule has 2 N–H and O–H groups in total. The van der Waals surface area contributed by atoms with E-state index in [0.29, 0.717) is 5.56 Å². The summed E-state index contributed by atoms with van der Waals surface area (Å²) in [5.74, 6) is -0.550.